The van der Waals surface area contributed by atoms with Crippen LogP contribution in [-0.2, 0) is 19.9 Å². The molecule has 1 atom stereocenters. The summed E-state index contributed by atoms with van der Waals surface area (Å²) in [5.74, 6) is -1.97. The molecule has 0 aliphatic heterocycles. The van der Waals surface area contributed by atoms with Crippen molar-refractivity contribution in [3.05, 3.63) is 69.2 Å². The van der Waals surface area contributed by atoms with Crippen LogP contribution >= 0.6 is 11.6 Å². The van der Waals surface area contributed by atoms with Crippen LogP contribution in [0.25, 0.3) is 0 Å². The molecule has 0 radical (unpaired) electrons. The highest BCUT2D eigenvalue weighted by Gasteiger charge is 2.29. The maximum Gasteiger partial charge on any atom is 0.313 e. The summed E-state index contributed by atoms with van der Waals surface area (Å²) in [6, 6.07) is 12.5. The van der Waals surface area contributed by atoms with Crippen molar-refractivity contribution in [3.63, 3.8) is 0 Å². The normalized spacial score (nSPS) is 12.7. The zero-order valence-electron chi connectivity index (χ0n) is 14.7. The molecule has 0 spiro atoms. The van der Waals surface area contributed by atoms with Crippen LogP contribution in [0.15, 0.2) is 48.5 Å². The lowest BCUT2D eigenvalue weighted by atomic mass is 9.95. The Hall–Kier alpha value is -2.97. The number of benzene rings is 2. The standard InChI is InChI=1S/C18H18ClN3O5/c1-18(27-2,12-6-5-7-13(19)10-12)11-20-16(23)17(24)21-14-8-3-4-9-15(14)22(25)26/h3-10H,11H2,1-2H3,(H,20,23)(H,21,24). The average Bonchev–Trinajstić information content (AvgIpc) is 2.66. The number of anilines is 1. The Labute approximate surface area is 160 Å². The molecule has 1 unspecified atom stereocenters. The summed E-state index contributed by atoms with van der Waals surface area (Å²) in [6.07, 6.45) is 0. The van der Waals surface area contributed by atoms with E-state index in [9.17, 15) is 19.7 Å². The first-order chi connectivity index (χ1) is 12.8. The highest BCUT2D eigenvalue weighted by atomic mass is 35.5. The summed E-state index contributed by atoms with van der Waals surface area (Å²) in [6.45, 7) is 1.73. The van der Waals surface area contributed by atoms with Crippen LogP contribution in [0.3, 0.4) is 0 Å². The lowest BCUT2D eigenvalue weighted by Gasteiger charge is -2.29. The lowest BCUT2D eigenvalue weighted by molar-refractivity contribution is -0.383. The molecule has 2 amide bonds. The quantitative estimate of drug-likeness (QED) is 0.447. The molecule has 0 saturated carbocycles. The second-order valence-corrected chi connectivity index (χ2v) is 6.29. The van der Waals surface area contributed by atoms with Crippen LogP contribution in [0, 0.1) is 10.1 Å². The number of rotatable bonds is 6. The minimum Gasteiger partial charge on any atom is -0.372 e. The van der Waals surface area contributed by atoms with Gasteiger partial charge in [0.05, 0.1) is 11.5 Å². The molecule has 0 saturated heterocycles. The minimum absolute atomic E-state index is 0.00697. The molecular formula is C18H18ClN3O5. The molecule has 0 heterocycles. The second kappa shape index (κ2) is 8.61. The highest BCUT2D eigenvalue weighted by Crippen LogP contribution is 2.26. The first-order valence-corrected chi connectivity index (χ1v) is 8.28. The Balaban J connectivity index is 2.06. The first-order valence-electron chi connectivity index (χ1n) is 7.90. The molecule has 2 rings (SSSR count). The molecule has 2 N–H and O–H groups in total. The van der Waals surface area contributed by atoms with Crippen molar-refractivity contribution in [1.29, 1.82) is 0 Å². The number of hydrogen-bond acceptors (Lipinski definition) is 5. The summed E-state index contributed by atoms with van der Waals surface area (Å²) in [5.41, 5.74) is -0.567. The molecule has 0 bridgehead atoms. The van der Waals surface area contributed by atoms with Gasteiger partial charge in [0.25, 0.3) is 5.69 Å². The Morgan fingerprint density at radius 2 is 1.89 bits per heavy atom. The molecule has 2 aromatic carbocycles. The number of carbonyl (C=O) groups excluding carboxylic acids is 2. The third-order valence-electron chi connectivity index (χ3n) is 4.03. The molecule has 0 aliphatic rings. The van der Waals surface area contributed by atoms with Gasteiger partial charge in [-0.15, -0.1) is 0 Å². The van der Waals surface area contributed by atoms with E-state index in [0.29, 0.717) is 5.02 Å². The molecule has 27 heavy (non-hydrogen) atoms. The van der Waals surface area contributed by atoms with Crippen LogP contribution in [0.5, 0.6) is 0 Å². The Bertz CT molecular complexity index is 874. The van der Waals surface area contributed by atoms with Gasteiger partial charge in [-0.25, -0.2) is 0 Å². The summed E-state index contributed by atoms with van der Waals surface area (Å²) >= 11 is 5.99. The van der Waals surface area contributed by atoms with E-state index in [1.165, 1.54) is 31.4 Å². The second-order valence-electron chi connectivity index (χ2n) is 5.86. The number of methoxy groups -OCH3 is 1. The van der Waals surface area contributed by atoms with Gasteiger partial charge in [-0.2, -0.15) is 0 Å². The summed E-state index contributed by atoms with van der Waals surface area (Å²) in [5, 5.41) is 16.2. The molecule has 0 fully saturated rings. The molecule has 142 valence electrons. The third-order valence-corrected chi connectivity index (χ3v) is 4.26. The number of carbonyl (C=O) groups is 2. The molecule has 9 heteroatoms. The molecular weight excluding hydrogens is 374 g/mol. The van der Waals surface area contributed by atoms with Gasteiger partial charge in [0.2, 0.25) is 0 Å². The number of amides is 2. The van der Waals surface area contributed by atoms with E-state index in [2.05, 4.69) is 10.6 Å². The van der Waals surface area contributed by atoms with Crippen molar-refractivity contribution in [2.45, 2.75) is 12.5 Å². The van der Waals surface area contributed by atoms with Crippen LogP contribution in [-0.4, -0.2) is 30.4 Å². The summed E-state index contributed by atoms with van der Waals surface area (Å²) in [4.78, 5) is 34.5. The van der Waals surface area contributed by atoms with Crippen LogP contribution in [0.2, 0.25) is 5.02 Å². The Morgan fingerprint density at radius 3 is 2.52 bits per heavy atom. The average molecular weight is 392 g/mol. The van der Waals surface area contributed by atoms with E-state index in [1.807, 2.05) is 0 Å². The molecule has 8 nitrogen and oxygen atoms in total. The monoisotopic (exact) mass is 391 g/mol. The lowest BCUT2D eigenvalue weighted by Crippen LogP contribution is -2.44. The fraction of sp³-hybridized carbons (Fsp3) is 0.222. The Kier molecular flexibility index (Phi) is 6.49. The number of nitrogens with one attached hydrogen (secondary N) is 2. The van der Waals surface area contributed by atoms with E-state index >= 15 is 0 Å². The maximum absolute atomic E-state index is 12.1. The van der Waals surface area contributed by atoms with Gasteiger partial charge >= 0.3 is 11.8 Å². The molecule has 0 aliphatic carbocycles. The predicted molar refractivity (Wildman–Crippen MR) is 101 cm³/mol. The number of nitrogens with zero attached hydrogens (tertiary/aromatic N) is 1. The fourth-order valence-corrected chi connectivity index (χ4v) is 2.55. The van der Waals surface area contributed by atoms with Crippen molar-refractivity contribution in [2.24, 2.45) is 0 Å². The summed E-state index contributed by atoms with van der Waals surface area (Å²) in [7, 11) is 1.47. The zero-order valence-corrected chi connectivity index (χ0v) is 15.4. The molecule has 2 aromatic rings. The minimum atomic E-state index is -1.02. The number of halogens is 1. The van der Waals surface area contributed by atoms with Crippen molar-refractivity contribution < 1.29 is 19.2 Å². The van der Waals surface area contributed by atoms with E-state index < -0.39 is 22.3 Å². The number of ether oxygens (including phenoxy) is 1. The van der Waals surface area contributed by atoms with Gasteiger partial charge in [-0.1, -0.05) is 35.9 Å². The smallest absolute Gasteiger partial charge is 0.313 e. The van der Waals surface area contributed by atoms with Crippen LogP contribution < -0.4 is 10.6 Å². The highest BCUT2D eigenvalue weighted by molar-refractivity contribution is 6.39. The van der Waals surface area contributed by atoms with Gasteiger partial charge in [0.1, 0.15) is 11.3 Å². The first kappa shape index (κ1) is 20.3. The summed E-state index contributed by atoms with van der Waals surface area (Å²) < 4.78 is 5.48. The fourth-order valence-electron chi connectivity index (χ4n) is 2.36. The number of nitro benzene ring substituents is 1. The number of para-hydroxylation sites is 2. The van der Waals surface area contributed by atoms with Crippen molar-refractivity contribution in [3.8, 4) is 0 Å². The van der Waals surface area contributed by atoms with Crippen molar-refractivity contribution in [1.82, 2.24) is 5.32 Å². The van der Waals surface area contributed by atoms with Gasteiger partial charge < -0.3 is 15.4 Å². The number of nitro groups is 1. The van der Waals surface area contributed by atoms with E-state index in [-0.39, 0.29) is 17.9 Å². The van der Waals surface area contributed by atoms with E-state index in [4.69, 9.17) is 16.3 Å². The van der Waals surface area contributed by atoms with Crippen molar-refractivity contribution >= 4 is 34.8 Å². The topological polar surface area (TPSA) is 111 Å². The largest absolute Gasteiger partial charge is 0.372 e. The number of hydrogen-bond donors (Lipinski definition) is 2. The van der Waals surface area contributed by atoms with Crippen LogP contribution in [0.4, 0.5) is 11.4 Å². The van der Waals surface area contributed by atoms with E-state index in [0.717, 1.165) is 5.56 Å². The van der Waals surface area contributed by atoms with Gasteiger partial charge in [0.15, 0.2) is 0 Å². The van der Waals surface area contributed by atoms with Gasteiger partial charge in [0, 0.05) is 18.2 Å². The van der Waals surface area contributed by atoms with Crippen molar-refractivity contribution in [2.75, 3.05) is 19.0 Å². The van der Waals surface area contributed by atoms with E-state index in [1.54, 1.807) is 31.2 Å². The van der Waals surface area contributed by atoms with Gasteiger partial charge in [-0.05, 0) is 30.7 Å². The maximum atomic E-state index is 12.1. The SMILES string of the molecule is COC(C)(CNC(=O)C(=O)Nc1ccccc1[N+](=O)[O-])c1cccc(Cl)c1. The van der Waals surface area contributed by atoms with Crippen LogP contribution in [0.1, 0.15) is 12.5 Å². The van der Waals surface area contributed by atoms with Gasteiger partial charge in [-0.3, -0.25) is 19.7 Å². The third kappa shape index (κ3) is 5.02. The zero-order chi connectivity index (χ0) is 20.0. The molecule has 0 aromatic heterocycles. The predicted octanol–water partition coefficient (Wildman–Crippen LogP) is 2.86. The Morgan fingerprint density at radius 1 is 1.19 bits per heavy atom.